The van der Waals surface area contributed by atoms with E-state index in [9.17, 15) is 5.11 Å². The van der Waals surface area contributed by atoms with Gasteiger partial charge in [-0.15, -0.1) is 5.11 Å². The number of phenols is 1. The zero-order valence-electron chi connectivity index (χ0n) is 13.5. The number of aromatic hydroxyl groups is 1. The first kappa shape index (κ1) is 15.0. The van der Waals surface area contributed by atoms with Crippen molar-refractivity contribution in [2.45, 2.75) is 13.8 Å². The monoisotopic (exact) mass is 305 g/mol. The van der Waals surface area contributed by atoms with Crippen LogP contribution in [-0.4, -0.2) is 12.2 Å². The molecule has 0 fully saturated rings. The molecule has 0 aliphatic carbocycles. The number of fused-ring (bicyclic) bond motifs is 1. The van der Waals surface area contributed by atoms with E-state index in [0.29, 0.717) is 5.69 Å². The van der Waals surface area contributed by atoms with Gasteiger partial charge < -0.3 is 10.4 Å². The van der Waals surface area contributed by atoms with Crippen LogP contribution in [0, 0.1) is 13.8 Å². The summed E-state index contributed by atoms with van der Waals surface area (Å²) < 4.78 is 0. The molecular weight excluding hydrogens is 286 g/mol. The Bertz CT molecular complexity index is 901. The summed E-state index contributed by atoms with van der Waals surface area (Å²) in [5, 5.41) is 23.9. The number of rotatable bonds is 3. The van der Waals surface area contributed by atoms with E-state index in [4.69, 9.17) is 0 Å². The summed E-state index contributed by atoms with van der Waals surface area (Å²) in [6.07, 6.45) is 0. The summed E-state index contributed by atoms with van der Waals surface area (Å²) in [5.41, 5.74) is 4.30. The lowest BCUT2D eigenvalue weighted by atomic mass is 10.0. The second-order valence-corrected chi connectivity index (χ2v) is 5.62. The Hall–Kier alpha value is -2.88. The Morgan fingerprint density at radius 3 is 2.52 bits per heavy atom. The third-order valence-corrected chi connectivity index (χ3v) is 3.83. The molecule has 0 radical (unpaired) electrons. The van der Waals surface area contributed by atoms with Gasteiger partial charge in [-0.3, -0.25) is 0 Å². The van der Waals surface area contributed by atoms with Crippen molar-refractivity contribution >= 4 is 27.8 Å². The number of hydrogen-bond acceptors (Lipinski definition) is 4. The van der Waals surface area contributed by atoms with Gasteiger partial charge in [-0.05, 0) is 66.8 Å². The average Bonchev–Trinajstić information content (AvgIpc) is 2.54. The molecule has 3 aromatic rings. The maximum absolute atomic E-state index is 10.6. The maximum Gasteiger partial charge on any atom is 0.151 e. The van der Waals surface area contributed by atoms with Crippen LogP contribution in [0.2, 0.25) is 0 Å². The molecule has 0 atom stereocenters. The molecule has 0 spiro atoms. The van der Waals surface area contributed by atoms with Crippen LogP contribution in [0.4, 0.5) is 17.1 Å². The third-order valence-electron chi connectivity index (χ3n) is 3.83. The molecule has 0 amide bonds. The fourth-order valence-corrected chi connectivity index (χ4v) is 2.59. The molecule has 0 saturated carbocycles. The molecule has 0 unspecified atom stereocenters. The summed E-state index contributed by atoms with van der Waals surface area (Å²) in [6.45, 7) is 3.94. The highest BCUT2D eigenvalue weighted by Gasteiger charge is 2.10. The predicted octanol–water partition coefficient (Wildman–Crippen LogP) is 5.62. The van der Waals surface area contributed by atoms with Crippen molar-refractivity contribution in [2.24, 2.45) is 10.2 Å². The van der Waals surface area contributed by atoms with E-state index in [1.54, 1.807) is 0 Å². The van der Waals surface area contributed by atoms with Gasteiger partial charge in [0.25, 0.3) is 0 Å². The van der Waals surface area contributed by atoms with Crippen molar-refractivity contribution in [3.8, 4) is 5.75 Å². The number of aryl methyl sites for hydroxylation is 2. The fraction of sp³-hybridized carbons (Fsp3) is 0.158. The Balaban J connectivity index is 2.07. The lowest BCUT2D eigenvalue weighted by molar-refractivity contribution is 0.482. The van der Waals surface area contributed by atoms with Crippen LogP contribution in [0.1, 0.15) is 11.1 Å². The van der Waals surface area contributed by atoms with Crippen LogP contribution in [0.3, 0.4) is 0 Å². The van der Waals surface area contributed by atoms with E-state index in [1.807, 2.05) is 69.4 Å². The molecule has 3 rings (SSSR count). The quantitative estimate of drug-likeness (QED) is 0.617. The lowest BCUT2D eigenvalue weighted by Gasteiger charge is -2.09. The highest BCUT2D eigenvalue weighted by Crippen LogP contribution is 2.39. The highest BCUT2D eigenvalue weighted by atomic mass is 16.3. The topological polar surface area (TPSA) is 57.0 Å². The lowest BCUT2D eigenvalue weighted by Crippen LogP contribution is -1.88. The van der Waals surface area contributed by atoms with Crippen LogP contribution in [0.5, 0.6) is 5.75 Å². The highest BCUT2D eigenvalue weighted by molar-refractivity contribution is 5.95. The van der Waals surface area contributed by atoms with Crippen molar-refractivity contribution in [3.05, 3.63) is 59.7 Å². The van der Waals surface area contributed by atoms with Crippen LogP contribution >= 0.6 is 0 Å². The van der Waals surface area contributed by atoms with E-state index in [-0.39, 0.29) is 5.75 Å². The van der Waals surface area contributed by atoms with Crippen LogP contribution < -0.4 is 5.32 Å². The van der Waals surface area contributed by atoms with E-state index in [1.165, 1.54) is 0 Å². The summed E-state index contributed by atoms with van der Waals surface area (Å²) in [5.74, 6) is 0.166. The molecular formula is C19H19N3O. The Kier molecular flexibility index (Phi) is 3.98. The first-order valence-electron chi connectivity index (χ1n) is 7.51. The number of hydrogen-bond donors (Lipinski definition) is 2. The first-order valence-corrected chi connectivity index (χ1v) is 7.51. The van der Waals surface area contributed by atoms with E-state index in [0.717, 1.165) is 33.3 Å². The van der Waals surface area contributed by atoms with Crippen molar-refractivity contribution < 1.29 is 5.11 Å². The summed E-state index contributed by atoms with van der Waals surface area (Å²) in [4.78, 5) is 0. The largest absolute Gasteiger partial charge is 0.505 e. The van der Waals surface area contributed by atoms with Crippen molar-refractivity contribution in [1.29, 1.82) is 0 Å². The fourth-order valence-electron chi connectivity index (χ4n) is 2.59. The van der Waals surface area contributed by atoms with Crippen LogP contribution in [0.15, 0.2) is 58.8 Å². The second kappa shape index (κ2) is 6.08. The van der Waals surface area contributed by atoms with Crippen LogP contribution in [0.25, 0.3) is 10.8 Å². The molecule has 0 bridgehead atoms. The molecule has 2 N–H and O–H groups in total. The summed E-state index contributed by atoms with van der Waals surface area (Å²) >= 11 is 0. The van der Waals surface area contributed by atoms with Crippen molar-refractivity contribution in [1.82, 2.24) is 0 Å². The number of phenolic OH excluding ortho intramolecular Hbond substituents is 1. The minimum Gasteiger partial charge on any atom is -0.505 e. The van der Waals surface area contributed by atoms with Gasteiger partial charge in [-0.1, -0.05) is 12.1 Å². The second-order valence-electron chi connectivity index (χ2n) is 5.62. The summed E-state index contributed by atoms with van der Waals surface area (Å²) in [6, 6.07) is 15.6. The zero-order valence-corrected chi connectivity index (χ0v) is 13.5. The number of nitrogens with zero attached hydrogens (tertiary/aromatic N) is 2. The Morgan fingerprint density at radius 2 is 1.78 bits per heavy atom. The Morgan fingerprint density at radius 1 is 0.957 bits per heavy atom. The minimum absolute atomic E-state index is 0.166. The molecule has 116 valence electrons. The average molecular weight is 305 g/mol. The van der Waals surface area contributed by atoms with Gasteiger partial charge in [0.05, 0.1) is 5.69 Å². The van der Waals surface area contributed by atoms with Gasteiger partial charge in [-0.2, -0.15) is 5.11 Å². The molecule has 4 nitrogen and oxygen atoms in total. The normalized spacial score (nSPS) is 11.3. The Labute approximate surface area is 135 Å². The van der Waals surface area contributed by atoms with E-state index in [2.05, 4.69) is 15.5 Å². The molecule has 0 aromatic heterocycles. The molecule has 3 aromatic carbocycles. The van der Waals surface area contributed by atoms with Gasteiger partial charge in [0, 0.05) is 18.1 Å². The zero-order chi connectivity index (χ0) is 16.4. The van der Waals surface area contributed by atoms with Crippen molar-refractivity contribution in [2.75, 3.05) is 12.4 Å². The molecule has 23 heavy (non-hydrogen) atoms. The first-order chi connectivity index (χ1) is 11.1. The minimum atomic E-state index is 0.166. The molecule has 4 heteroatoms. The van der Waals surface area contributed by atoms with Gasteiger partial charge >= 0.3 is 0 Å². The molecule has 0 saturated heterocycles. The van der Waals surface area contributed by atoms with Gasteiger partial charge in [0.15, 0.2) is 5.75 Å². The standard InChI is InChI=1S/C19H19N3O/c1-12-5-4-6-16(9-12)21-22-18-13(2)10-14-11-15(20-3)7-8-17(14)19(18)23/h4-11,20,23H,1-3H3. The SMILES string of the molecule is CNc1ccc2c(O)c(N=Nc3cccc(C)c3)c(C)cc2c1. The van der Waals surface area contributed by atoms with E-state index < -0.39 is 0 Å². The number of nitrogens with one attached hydrogen (secondary N) is 1. The van der Waals surface area contributed by atoms with Gasteiger partial charge in [0.2, 0.25) is 0 Å². The molecule has 0 aliphatic heterocycles. The maximum atomic E-state index is 10.6. The van der Waals surface area contributed by atoms with Crippen molar-refractivity contribution in [3.63, 3.8) is 0 Å². The molecule has 0 heterocycles. The van der Waals surface area contributed by atoms with E-state index >= 15 is 0 Å². The van der Waals surface area contributed by atoms with Crippen LogP contribution in [-0.2, 0) is 0 Å². The predicted molar refractivity (Wildman–Crippen MR) is 95.3 cm³/mol. The third kappa shape index (κ3) is 3.01. The van der Waals surface area contributed by atoms with Gasteiger partial charge in [-0.25, -0.2) is 0 Å². The number of benzene rings is 3. The van der Waals surface area contributed by atoms with Gasteiger partial charge in [0.1, 0.15) is 5.69 Å². The smallest absolute Gasteiger partial charge is 0.151 e. The summed E-state index contributed by atoms with van der Waals surface area (Å²) in [7, 11) is 1.87. The molecule has 0 aliphatic rings. The number of azo groups is 1. The number of anilines is 1.